The molecule has 0 aromatic heterocycles. The van der Waals surface area contributed by atoms with Gasteiger partial charge >= 0.3 is 0 Å². The first-order valence-electron chi connectivity index (χ1n) is 15.9. The van der Waals surface area contributed by atoms with E-state index in [2.05, 4.69) is 182 Å². The van der Waals surface area contributed by atoms with Crippen LogP contribution in [0, 0.1) is 0 Å². The Morgan fingerprint density at radius 3 is 1.39 bits per heavy atom. The number of hydrogen-bond donors (Lipinski definition) is 0. The molecule has 0 spiro atoms. The fourth-order valence-electron chi connectivity index (χ4n) is 7.34. The molecular weight excluding hydrogens is 553 g/mol. The highest BCUT2D eigenvalue weighted by Crippen LogP contribution is 2.46. The van der Waals surface area contributed by atoms with Crippen LogP contribution >= 0.6 is 0 Å². The Kier molecular flexibility index (Phi) is 6.25. The molecule has 0 N–H and O–H groups in total. The number of fused-ring (bicyclic) bond motifs is 4. The van der Waals surface area contributed by atoms with Crippen molar-refractivity contribution in [2.75, 3.05) is 0 Å². The van der Waals surface area contributed by atoms with Crippen LogP contribution in [-0.4, -0.2) is 0 Å². The van der Waals surface area contributed by atoms with Crippen LogP contribution in [0.2, 0.25) is 0 Å². The Morgan fingerprint density at radius 2 is 0.696 bits per heavy atom. The molecule has 0 unspecified atom stereocenters. The van der Waals surface area contributed by atoms with Crippen LogP contribution in [0.25, 0.3) is 87.6 Å². The van der Waals surface area contributed by atoms with Crippen molar-refractivity contribution < 1.29 is 0 Å². The summed E-state index contributed by atoms with van der Waals surface area (Å²) in [6.45, 7) is 0. The smallest absolute Gasteiger partial charge is 0.00201 e. The zero-order valence-electron chi connectivity index (χ0n) is 25.3. The summed E-state index contributed by atoms with van der Waals surface area (Å²) in [7, 11) is 0. The first-order valence-corrected chi connectivity index (χ1v) is 15.9. The Morgan fingerprint density at radius 1 is 0.217 bits per heavy atom. The topological polar surface area (TPSA) is 0 Å². The van der Waals surface area contributed by atoms with Gasteiger partial charge in [-0.3, -0.25) is 0 Å². The predicted molar refractivity (Wildman–Crippen MR) is 198 cm³/mol. The third kappa shape index (κ3) is 4.30. The molecule has 0 heterocycles. The van der Waals surface area contributed by atoms with Gasteiger partial charge < -0.3 is 0 Å². The average molecular weight is 583 g/mol. The minimum Gasteiger partial charge on any atom is -0.0622 e. The average Bonchev–Trinajstić information content (AvgIpc) is 3.13. The molecule has 0 bridgehead atoms. The van der Waals surface area contributed by atoms with Gasteiger partial charge in [0.2, 0.25) is 0 Å². The molecule has 0 fully saturated rings. The molecule has 0 aliphatic heterocycles. The second-order valence-corrected chi connectivity index (χ2v) is 12.1. The Balaban J connectivity index is 1.27. The third-order valence-corrected chi connectivity index (χ3v) is 9.44. The SMILES string of the molecule is c1ccc(-c2c3ccccc3c(-c3ccc(-c4cccc(-c5ccc6ccccc6c5)c4)c4ccccc34)c3ccccc23)cc1. The van der Waals surface area contributed by atoms with Crippen molar-refractivity contribution in [2.45, 2.75) is 0 Å². The maximum Gasteiger partial charge on any atom is -0.00201 e. The van der Waals surface area contributed by atoms with Gasteiger partial charge in [0.15, 0.2) is 0 Å². The lowest BCUT2D eigenvalue weighted by Crippen LogP contribution is -1.92. The highest BCUT2D eigenvalue weighted by molar-refractivity contribution is 6.24. The van der Waals surface area contributed by atoms with Gasteiger partial charge in [-0.25, -0.2) is 0 Å². The van der Waals surface area contributed by atoms with Crippen molar-refractivity contribution in [2.24, 2.45) is 0 Å². The first-order chi connectivity index (χ1) is 22.8. The van der Waals surface area contributed by atoms with Crippen LogP contribution < -0.4 is 0 Å². The summed E-state index contributed by atoms with van der Waals surface area (Å²) in [4.78, 5) is 0. The lowest BCUT2D eigenvalue weighted by atomic mass is 9.83. The molecule has 0 aliphatic carbocycles. The fourth-order valence-corrected chi connectivity index (χ4v) is 7.34. The summed E-state index contributed by atoms with van der Waals surface area (Å²) in [5.74, 6) is 0. The van der Waals surface area contributed by atoms with Crippen molar-refractivity contribution in [1.82, 2.24) is 0 Å². The molecule has 0 amide bonds. The van der Waals surface area contributed by atoms with E-state index in [-0.39, 0.29) is 0 Å². The van der Waals surface area contributed by atoms with Gasteiger partial charge in [0.1, 0.15) is 0 Å². The number of benzene rings is 9. The van der Waals surface area contributed by atoms with Gasteiger partial charge in [0, 0.05) is 0 Å². The minimum absolute atomic E-state index is 1.22. The van der Waals surface area contributed by atoms with Crippen LogP contribution in [0.15, 0.2) is 182 Å². The molecule has 0 nitrogen and oxygen atoms in total. The summed E-state index contributed by atoms with van der Waals surface area (Å²) < 4.78 is 0. The molecule has 9 aromatic carbocycles. The minimum atomic E-state index is 1.22. The molecule has 0 atom stereocenters. The first kappa shape index (κ1) is 26.4. The second-order valence-electron chi connectivity index (χ2n) is 12.1. The van der Waals surface area contributed by atoms with E-state index in [1.807, 2.05) is 0 Å². The molecule has 46 heavy (non-hydrogen) atoms. The van der Waals surface area contributed by atoms with E-state index in [1.165, 1.54) is 87.6 Å². The highest BCUT2D eigenvalue weighted by Gasteiger charge is 2.18. The second kappa shape index (κ2) is 10.9. The van der Waals surface area contributed by atoms with Crippen LogP contribution in [0.1, 0.15) is 0 Å². The molecule has 214 valence electrons. The fraction of sp³-hybridized carbons (Fsp3) is 0. The maximum atomic E-state index is 2.34. The largest absolute Gasteiger partial charge is 0.0622 e. The normalized spacial score (nSPS) is 11.5. The summed E-state index contributed by atoms with van der Waals surface area (Å²) in [5, 5.41) is 10.2. The lowest BCUT2D eigenvalue weighted by Gasteiger charge is -2.19. The molecule has 0 saturated heterocycles. The molecule has 0 radical (unpaired) electrons. The zero-order chi connectivity index (χ0) is 30.5. The number of rotatable bonds is 4. The summed E-state index contributed by atoms with van der Waals surface area (Å²) >= 11 is 0. The van der Waals surface area contributed by atoms with Crippen LogP contribution in [0.5, 0.6) is 0 Å². The van der Waals surface area contributed by atoms with E-state index in [4.69, 9.17) is 0 Å². The Bertz CT molecular complexity index is 2520. The van der Waals surface area contributed by atoms with E-state index in [1.54, 1.807) is 0 Å². The predicted octanol–water partition coefficient (Wildman–Crippen LogP) is 13.0. The summed E-state index contributed by atoms with van der Waals surface area (Å²) in [6.07, 6.45) is 0. The van der Waals surface area contributed by atoms with Gasteiger partial charge in [-0.15, -0.1) is 0 Å². The van der Waals surface area contributed by atoms with Crippen LogP contribution in [-0.2, 0) is 0 Å². The van der Waals surface area contributed by atoms with E-state index >= 15 is 0 Å². The zero-order valence-corrected chi connectivity index (χ0v) is 25.3. The standard InChI is InChI=1S/C46H30/c1-2-14-32(15-3-1)45-40-21-8-10-23-42(40)46(43-24-11-9-22-41(43)45)44-28-27-37(38-19-6-7-20-39(38)44)36-18-12-17-34(30-36)35-26-25-31-13-4-5-16-33(31)29-35/h1-30H. The highest BCUT2D eigenvalue weighted by atomic mass is 14.2. The Labute approximate surface area is 268 Å². The van der Waals surface area contributed by atoms with Crippen LogP contribution in [0.4, 0.5) is 0 Å². The number of hydrogen-bond acceptors (Lipinski definition) is 0. The molecular formula is C46H30. The van der Waals surface area contributed by atoms with Crippen LogP contribution in [0.3, 0.4) is 0 Å². The van der Waals surface area contributed by atoms with Gasteiger partial charge in [-0.2, -0.15) is 0 Å². The van der Waals surface area contributed by atoms with E-state index < -0.39 is 0 Å². The maximum absolute atomic E-state index is 2.34. The van der Waals surface area contributed by atoms with E-state index in [0.29, 0.717) is 0 Å². The summed E-state index contributed by atoms with van der Waals surface area (Å²) in [6, 6.07) is 66.5. The monoisotopic (exact) mass is 582 g/mol. The van der Waals surface area contributed by atoms with Crippen molar-refractivity contribution in [3.63, 3.8) is 0 Å². The lowest BCUT2D eigenvalue weighted by molar-refractivity contribution is 1.61. The molecule has 0 saturated carbocycles. The summed E-state index contributed by atoms with van der Waals surface area (Å²) in [5.41, 5.74) is 10.0. The van der Waals surface area contributed by atoms with Crippen molar-refractivity contribution in [3.8, 4) is 44.5 Å². The van der Waals surface area contributed by atoms with Crippen molar-refractivity contribution in [3.05, 3.63) is 182 Å². The van der Waals surface area contributed by atoms with Crippen molar-refractivity contribution >= 4 is 43.1 Å². The molecule has 0 heteroatoms. The van der Waals surface area contributed by atoms with Crippen molar-refractivity contribution in [1.29, 1.82) is 0 Å². The molecule has 9 rings (SSSR count). The van der Waals surface area contributed by atoms with Gasteiger partial charge in [-0.1, -0.05) is 170 Å². The Hall–Kier alpha value is -5.98. The van der Waals surface area contributed by atoms with Gasteiger partial charge in [0.05, 0.1) is 0 Å². The molecule has 0 aliphatic rings. The molecule has 9 aromatic rings. The van der Waals surface area contributed by atoms with Gasteiger partial charge in [-0.05, 0) is 99.7 Å². The van der Waals surface area contributed by atoms with Gasteiger partial charge in [0.25, 0.3) is 0 Å². The quantitative estimate of drug-likeness (QED) is 0.181. The van der Waals surface area contributed by atoms with E-state index in [9.17, 15) is 0 Å². The van der Waals surface area contributed by atoms with E-state index in [0.717, 1.165) is 0 Å². The third-order valence-electron chi connectivity index (χ3n) is 9.44.